The van der Waals surface area contributed by atoms with Crippen LogP contribution >= 0.6 is 0 Å². The van der Waals surface area contributed by atoms with Crippen molar-refractivity contribution in [2.24, 2.45) is 0 Å². The minimum absolute atomic E-state index is 0.167. The average molecular weight is 841 g/mol. The van der Waals surface area contributed by atoms with Crippen LogP contribution in [-0.4, -0.2) is 4.57 Å². The summed E-state index contributed by atoms with van der Waals surface area (Å²) < 4.78 is 2.53. The first-order valence-corrected chi connectivity index (χ1v) is 23.2. The monoisotopic (exact) mass is 840 g/mol. The third-order valence-electron chi connectivity index (χ3n) is 15.2. The largest absolute Gasteiger partial charge is 0.309 e. The normalized spacial score (nSPS) is 15.6. The van der Waals surface area contributed by atoms with Crippen molar-refractivity contribution in [2.75, 3.05) is 4.90 Å². The molecule has 0 bridgehead atoms. The van der Waals surface area contributed by atoms with E-state index in [1.165, 1.54) is 111 Å². The van der Waals surface area contributed by atoms with Crippen LogP contribution in [0.25, 0.3) is 72.0 Å². The van der Waals surface area contributed by atoms with Crippen LogP contribution in [0.5, 0.6) is 0 Å². The highest BCUT2D eigenvalue weighted by Gasteiger charge is 2.51. The Morgan fingerprint density at radius 2 is 0.939 bits per heavy atom. The Morgan fingerprint density at radius 3 is 1.79 bits per heavy atom. The molecule has 0 amide bonds. The van der Waals surface area contributed by atoms with Gasteiger partial charge in [0.2, 0.25) is 0 Å². The summed E-state index contributed by atoms with van der Waals surface area (Å²) >= 11 is 0. The highest BCUT2D eigenvalue weighted by atomic mass is 15.1. The maximum Gasteiger partial charge on any atom is 0.0755 e. The number of aromatic nitrogens is 1. The Kier molecular flexibility index (Phi) is 7.70. The number of rotatable bonds is 5. The minimum atomic E-state index is -0.583. The quantitative estimate of drug-likeness (QED) is 0.168. The molecule has 2 nitrogen and oxygen atoms in total. The molecule has 2 aliphatic carbocycles. The van der Waals surface area contributed by atoms with E-state index in [0.717, 1.165) is 11.4 Å². The summed E-state index contributed by atoms with van der Waals surface area (Å²) in [5.41, 5.74) is 24.3. The van der Waals surface area contributed by atoms with Crippen molar-refractivity contribution >= 4 is 38.9 Å². The number of anilines is 3. The summed E-state index contributed by atoms with van der Waals surface area (Å²) in [6.45, 7) is 4.76. The zero-order chi connectivity index (χ0) is 43.7. The molecule has 14 rings (SSSR count). The lowest BCUT2D eigenvalue weighted by Crippen LogP contribution is -2.33. The molecule has 3 aliphatic rings. The van der Waals surface area contributed by atoms with Crippen LogP contribution in [0.15, 0.2) is 231 Å². The second-order valence-electron chi connectivity index (χ2n) is 18.7. The van der Waals surface area contributed by atoms with E-state index in [1.54, 1.807) is 0 Å². The molecule has 1 aromatic heterocycles. The van der Waals surface area contributed by atoms with Crippen LogP contribution in [0, 0.1) is 0 Å². The molecule has 1 spiro atoms. The van der Waals surface area contributed by atoms with Crippen molar-refractivity contribution < 1.29 is 0 Å². The zero-order valence-electron chi connectivity index (χ0n) is 36.8. The molecule has 0 saturated heterocycles. The van der Waals surface area contributed by atoms with Gasteiger partial charge in [0.15, 0.2) is 0 Å². The van der Waals surface area contributed by atoms with Crippen LogP contribution in [0.3, 0.4) is 0 Å². The zero-order valence-corrected chi connectivity index (χ0v) is 36.8. The van der Waals surface area contributed by atoms with Crippen LogP contribution < -0.4 is 4.90 Å². The van der Waals surface area contributed by atoms with Gasteiger partial charge < -0.3 is 9.47 Å². The SMILES string of the molecule is CC1(C)c2ccccc2-c2c(N(c3ccc4c(c3)C3(c5ccccc5-4)c4ccccc4-n4c5ccccc5c5cccc3c54)c3ccccc3-c3ccccc3-c3ccccc3)cccc21. The fourth-order valence-electron chi connectivity index (χ4n) is 12.5. The summed E-state index contributed by atoms with van der Waals surface area (Å²) in [7, 11) is 0. The van der Waals surface area contributed by atoms with Gasteiger partial charge in [-0.25, -0.2) is 0 Å². The molecule has 10 aromatic carbocycles. The predicted molar refractivity (Wildman–Crippen MR) is 275 cm³/mol. The Morgan fingerprint density at radius 1 is 0.364 bits per heavy atom. The first-order chi connectivity index (χ1) is 32.5. The second kappa shape index (κ2) is 13.7. The molecule has 11 aromatic rings. The van der Waals surface area contributed by atoms with E-state index in [-0.39, 0.29) is 5.41 Å². The predicted octanol–water partition coefficient (Wildman–Crippen LogP) is 16.6. The van der Waals surface area contributed by atoms with Crippen molar-refractivity contribution in [3.8, 4) is 50.2 Å². The van der Waals surface area contributed by atoms with Gasteiger partial charge in [0.05, 0.1) is 33.5 Å². The minimum Gasteiger partial charge on any atom is -0.309 e. The summed E-state index contributed by atoms with van der Waals surface area (Å²) in [6, 6.07) is 86.4. The maximum atomic E-state index is 2.58. The third kappa shape index (κ3) is 4.80. The van der Waals surface area contributed by atoms with Gasteiger partial charge in [-0.3, -0.25) is 0 Å². The fraction of sp³-hybridized carbons (Fsp3) is 0.0625. The van der Waals surface area contributed by atoms with Gasteiger partial charge in [0.1, 0.15) is 0 Å². The van der Waals surface area contributed by atoms with Gasteiger partial charge in [-0.2, -0.15) is 0 Å². The number of hydrogen-bond donors (Lipinski definition) is 0. The third-order valence-corrected chi connectivity index (χ3v) is 15.2. The number of nitrogens with zero attached hydrogens (tertiary/aromatic N) is 2. The van der Waals surface area contributed by atoms with E-state index in [1.807, 2.05) is 0 Å². The summed E-state index contributed by atoms with van der Waals surface area (Å²) in [5.74, 6) is 0. The van der Waals surface area contributed by atoms with Crippen LogP contribution in [-0.2, 0) is 10.8 Å². The van der Waals surface area contributed by atoms with Gasteiger partial charge in [-0.1, -0.05) is 208 Å². The Hall–Kier alpha value is -8.20. The molecule has 0 fully saturated rings. The van der Waals surface area contributed by atoms with Crippen LogP contribution in [0.4, 0.5) is 17.1 Å². The molecule has 310 valence electrons. The van der Waals surface area contributed by atoms with E-state index in [2.05, 4.69) is 254 Å². The summed E-state index contributed by atoms with van der Waals surface area (Å²) in [6.07, 6.45) is 0. The number of para-hydroxylation sites is 4. The second-order valence-corrected chi connectivity index (χ2v) is 18.7. The molecule has 1 aliphatic heterocycles. The molecule has 66 heavy (non-hydrogen) atoms. The molecule has 2 heterocycles. The number of benzene rings is 10. The topological polar surface area (TPSA) is 8.17 Å². The van der Waals surface area contributed by atoms with Crippen molar-refractivity contribution in [1.29, 1.82) is 0 Å². The Bertz CT molecular complexity index is 3810. The van der Waals surface area contributed by atoms with E-state index in [4.69, 9.17) is 0 Å². The lowest BCUT2D eigenvalue weighted by molar-refractivity contribution is 0.660. The maximum absolute atomic E-state index is 2.58. The number of fused-ring (bicyclic) bond motifs is 15. The standard InChI is InChI=1S/C64H44N2/c1-63(2)51-29-12-9-27-50(51)61-54(63)32-19-37-60(61)65(57-34-15-10-25-47(57)44-23-7-6-22-43(44)41-20-4-3-5-21-41)42-38-39-46-45-24-8-13-30-52(45)64(56(46)40-42)53-31-14-17-36-59(53)66-58-35-16-11-26-48(58)49-28-18-33-55(64)62(49)66/h3-40H,1-2H3. The average Bonchev–Trinajstić information content (AvgIpc) is 3.96. The van der Waals surface area contributed by atoms with E-state index < -0.39 is 5.41 Å². The molecule has 1 atom stereocenters. The summed E-state index contributed by atoms with van der Waals surface area (Å²) in [4.78, 5) is 2.58. The van der Waals surface area contributed by atoms with Gasteiger partial charge >= 0.3 is 0 Å². The lowest BCUT2D eigenvalue weighted by atomic mass is 9.65. The van der Waals surface area contributed by atoms with Gasteiger partial charge in [-0.05, 0) is 103 Å². The van der Waals surface area contributed by atoms with Gasteiger partial charge in [0.25, 0.3) is 0 Å². The van der Waals surface area contributed by atoms with Gasteiger partial charge in [0, 0.05) is 33.0 Å². The van der Waals surface area contributed by atoms with Gasteiger partial charge in [-0.15, -0.1) is 0 Å². The molecule has 0 saturated carbocycles. The molecular formula is C64H44N2. The Labute approximate surface area is 385 Å². The molecular weight excluding hydrogens is 797 g/mol. The first-order valence-electron chi connectivity index (χ1n) is 23.2. The van der Waals surface area contributed by atoms with Crippen molar-refractivity contribution in [2.45, 2.75) is 24.7 Å². The summed E-state index contributed by atoms with van der Waals surface area (Å²) in [5, 5.41) is 2.56. The van der Waals surface area contributed by atoms with E-state index in [0.29, 0.717) is 0 Å². The molecule has 0 N–H and O–H groups in total. The van der Waals surface area contributed by atoms with E-state index >= 15 is 0 Å². The first kappa shape index (κ1) is 37.2. The molecule has 2 heteroatoms. The van der Waals surface area contributed by atoms with Crippen molar-refractivity contribution in [3.05, 3.63) is 264 Å². The van der Waals surface area contributed by atoms with Crippen molar-refractivity contribution in [3.63, 3.8) is 0 Å². The number of hydrogen-bond acceptors (Lipinski definition) is 1. The lowest BCUT2D eigenvalue weighted by Gasteiger charge is -2.40. The smallest absolute Gasteiger partial charge is 0.0755 e. The highest BCUT2D eigenvalue weighted by Crippen LogP contribution is 2.63. The van der Waals surface area contributed by atoms with Crippen LogP contribution in [0.2, 0.25) is 0 Å². The van der Waals surface area contributed by atoms with E-state index in [9.17, 15) is 0 Å². The molecule has 0 radical (unpaired) electrons. The van der Waals surface area contributed by atoms with Crippen molar-refractivity contribution in [1.82, 2.24) is 4.57 Å². The highest BCUT2D eigenvalue weighted by molar-refractivity contribution is 6.13. The Balaban J connectivity index is 1.10. The molecule has 1 unspecified atom stereocenters. The van der Waals surface area contributed by atoms with Crippen LogP contribution in [0.1, 0.15) is 47.2 Å². The fourth-order valence-corrected chi connectivity index (χ4v) is 12.5.